The van der Waals surface area contributed by atoms with Crippen molar-refractivity contribution >= 4 is 32.7 Å². The fraction of sp³-hybridized carbons (Fsp3) is 0.452. The van der Waals surface area contributed by atoms with Crippen molar-refractivity contribution in [2.24, 2.45) is 0 Å². The van der Waals surface area contributed by atoms with Crippen LogP contribution in [0.25, 0.3) is 21.5 Å². The molecule has 0 spiro atoms. The predicted molar refractivity (Wildman–Crippen MR) is 153 cm³/mol. The van der Waals surface area contributed by atoms with Crippen molar-refractivity contribution in [2.45, 2.75) is 82.5 Å². The van der Waals surface area contributed by atoms with Crippen LogP contribution in [0.2, 0.25) is 0 Å². The molecule has 7 rings (SSSR count). The summed E-state index contributed by atoms with van der Waals surface area (Å²) < 4.78 is 61.9. The monoisotopic (exact) mass is 613 g/mol. The molecule has 1 saturated carbocycles. The molecule has 4 aromatic rings. The predicted octanol–water partition coefficient (Wildman–Crippen LogP) is 7.62. The Labute approximate surface area is 249 Å². The van der Waals surface area contributed by atoms with E-state index in [4.69, 9.17) is 19.0 Å². The van der Waals surface area contributed by atoms with E-state index in [0.29, 0.717) is 29.2 Å². The minimum atomic E-state index is -4.82. The Balaban J connectivity index is 1.08. The number of alkyl halides is 3. The summed E-state index contributed by atoms with van der Waals surface area (Å²) in [6.45, 7) is 2.31. The summed E-state index contributed by atoms with van der Waals surface area (Å²) in [5, 5.41) is 5.14. The molecule has 4 heterocycles. The van der Waals surface area contributed by atoms with E-state index >= 15 is 0 Å². The highest BCUT2D eigenvalue weighted by Gasteiger charge is 2.43. The summed E-state index contributed by atoms with van der Waals surface area (Å²) in [5.74, 6) is 0.240. The lowest BCUT2D eigenvalue weighted by Crippen LogP contribution is -2.45. The van der Waals surface area contributed by atoms with Crippen LogP contribution in [0.3, 0.4) is 0 Å². The van der Waals surface area contributed by atoms with E-state index in [0.717, 1.165) is 53.9 Å². The first kappa shape index (κ1) is 28.1. The second-order valence-corrected chi connectivity index (χ2v) is 12.3. The number of piperidine rings is 1. The molecule has 0 N–H and O–H groups in total. The van der Waals surface area contributed by atoms with Gasteiger partial charge in [0.15, 0.2) is 5.13 Å². The van der Waals surface area contributed by atoms with Crippen LogP contribution in [0.4, 0.5) is 18.3 Å². The summed E-state index contributed by atoms with van der Waals surface area (Å²) in [6.07, 6.45) is 0.750. The number of nitrogens with zero attached hydrogens (tertiary/aromatic N) is 3. The van der Waals surface area contributed by atoms with Gasteiger partial charge in [-0.2, -0.15) is 0 Å². The first-order valence-corrected chi connectivity index (χ1v) is 15.4. The quantitative estimate of drug-likeness (QED) is 0.178. The zero-order valence-corrected chi connectivity index (χ0v) is 24.2. The number of fused-ring (bicyclic) bond motifs is 3. The number of anilines is 1. The van der Waals surface area contributed by atoms with E-state index in [9.17, 15) is 18.0 Å². The molecule has 43 heavy (non-hydrogen) atoms. The Bertz CT molecular complexity index is 1640. The normalized spacial score (nSPS) is 21.9. The summed E-state index contributed by atoms with van der Waals surface area (Å²) in [4.78, 5) is 19.5. The SMILES string of the molecule is CCOC(=O)c1ccc2nc(N3C4CC[C@H]3CC(OCc3c(-c5ccccc5OC(F)(F)F)noc3C3CC3)C4)sc2c1. The van der Waals surface area contributed by atoms with Gasteiger partial charge in [0.2, 0.25) is 0 Å². The molecule has 3 fully saturated rings. The van der Waals surface area contributed by atoms with Gasteiger partial charge in [-0.1, -0.05) is 28.6 Å². The standard InChI is InChI=1S/C31H30F3N3O5S/c1-2-39-29(38)18-9-12-24-26(13-18)43-30(35-24)37-19-10-11-20(37)15-21(14-19)40-16-23-27(36-42-28(23)17-7-8-17)22-5-3-4-6-25(22)41-31(32,33)34/h3-6,9,12-13,17,19-21H,2,7-8,10-11,14-16H2,1H3/t19-,20?,21?/m0/s1. The second-order valence-electron chi connectivity index (χ2n) is 11.3. The molecule has 8 nitrogen and oxygen atoms in total. The first-order chi connectivity index (χ1) is 20.8. The fourth-order valence-electron chi connectivity index (χ4n) is 6.36. The molecule has 0 amide bonds. The van der Waals surface area contributed by atoms with Crippen molar-refractivity contribution in [1.29, 1.82) is 0 Å². The van der Waals surface area contributed by atoms with Crippen LogP contribution >= 0.6 is 11.3 Å². The molecule has 2 unspecified atom stereocenters. The van der Waals surface area contributed by atoms with Gasteiger partial charge < -0.3 is 23.6 Å². The largest absolute Gasteiger partial charge is 0.573 e. The topological polar surface area (TPSA) is 86.9 Å². The maximum atomic E-state index is 13.1. The smallest absolute Gasteiger partial charge is 0.462 e. The zero-order valence-electron chi connectivity index (χ0n) is 23.4. The molecule has 2 saturated heterocycles. The number of hydrogen-bond donors (Lipinski definition) is 0. The molecule has 2 aromatic heterocycles. The lowest BCUT2D eigenvalue weighted by atomic mass is 10.00. The Morgan fingerprint density at radius 3 is 2.58 bits per heavy atom. The summed E-state index contributed by atoms with van der Waals surface area (Å²) in [7, 11) is 0. The van der Waals surface area contributed by atoms with Crippen LogP contribution in [-0.4, -0.2) is 47.3 Å². The van der Waals surface area contributed by atoms with E-state index < -0.39 is 6.36 Å². The molecule has 2 aliphatic heterocycles. The highest BCUT2D eigenvalue weighted by molar-refractivity contribution is 7.22. The van der Waals surface area contributed by atoms with Crippen molar-refractivity contribution in [2.75, 3.05) is 11.5 Å². The van der Waals surface area contributed by atoms with Gasteiger partial charge >= 0.3 is 12.3 Å². The molecule has 3 aliphatic rings. The molecule has 1 aliphatic carbocycles. The van der Waals surface area contributed by atoms with Crippen LogP contribution < -0.4 is 9.64 Å². The fourth-order valence-corrected chi connectivity index (χ4v) is 7.50. The minimum absolute atomic E-state index is 0.0185. The van der Waals surface area contributed by atoms with Gasteiger partial charge in [-0.05, 0) is 75.8 Å². The third-order valence-corrected chi connectivity index (χ3v) is 9.43. The maximum absolute atomic E-state index is 13.1. The molecular formula is C31H30F3N3O5S. The van der Waals surface area contributed by atoms with Gasteiger partial charge in [-0.25, -0.2) is 9.78 Å². The molecule has 226 valence electrons. The molecular weight excluding hydrogens is 583 g/mol. The average Bonchev–Trinajstić information content (AvgIpc) is 3.49. The van der Waals surface area contributed by atoms with Gasteiger partial charge in [-0.3, -0.25) is 0 Å². The Morgan fingerprint density at radius 2 is 1.86 bits per heavy atom. The number of para-hydroxylation sites is 1. The van der Waals surface area contributed by atoms with Crippen LogP contribution in [0, 0.1) is 0 Å². The highest BCUT2D eigenvalue weighted by Crippen LogP contribution is 2.47. The third kappa shape index (κ3) is 5.70. The number of ether oxygens (including phenoxy) is 3. The Morgan fingerprint density at radius 1 is 1.09 bits per heavy atom. The molecule has 2 aromatic carbocycles. The maximum Gasteiger partial charge on any atom is 0.573 e. The van der Waals surface area contributed by atoms with Crippen LogP contribution in [-0.2, 0) is 16.1 Å². The van der Waals surface area contributed by atoms with Gasteiger partial charge in [0.25, 0.3) is 0 Å². The van der Waals surface area contributed by atoms with Gasteiger partial charge in [-0.15, -0.1) is 13.2 Å². The van der Waals surface area contributed by atoms with Crippen molar-refractivity contribution < 1.29 is 36.7 Å². The number of halogens is 3. The molecule has 0 radical (unpaired) electrons. The first-order valence-electron chi connectivity index (χ1n) is 14.6. The van der Waals surface area contributed by atoms with Crippen molar-refractivity contribution in [3.05, 3.63) is 59.4 Å². The molecule has 2 bridgehead atoms. The van der Waals surface area contributed by atoms with Crippen molar-refractivity contribution in [3.8, 4) is 17.0 Å². The van der Waals surface area contributed by atoms with E-state index in [1.54, 1.807) is 36.5 Å². The molecule has 12 heteroatoms. The summed E-state index contributed by atoms with van der Waals surface area (Å²) in [6, 6.07) is 12.0. The number of carbonyl (C=O) groups is 1. The number of hydrogen-bond acceptors (Lipinski definition) is 9. The number of thiazole rings is 1. The average molecular weight is 614 g/mol. The minimum Gasteiger partial charge on any atom is -0.462 e. The van der Waals surface area contributed by atoms with E-state index in [1.165, 1.54) is 12.1 Å². The second kappa shape index (κ2) is 11.1. The Hall–Kier alpha value is -3.64. The van der Waals surface area contributed by atoms with Crippen molar-refractivity contribution in [1.82, 2.24) is 10.1 Å². The Kier molecular flexibility index (Phi) is 7.29. The van der Waals surface area contributed by atoms with Gasteiger partial charge in [0.05, 0.1) is 35.1 Å². The van der Waals surface area contributed by atoms with E-state index in [2.05, 4.69) is 14.8 Å². The van der Waals surface area contributed by atoms with Gasteiger partial charge in [0, 0.05) is 29.1 Å². The van der Waals surface area contributed by atoms with Crippen LogP contribution in [0.15, 0.2) is 47.0 Å². The van der Waals surface area contributed by atoms with E-state index in [-0.39, 0.29) is 48.0 Å². The number of aromatic nitrogens is 2. The molecule has 3 atom stereocenters. The lowest BCUT2D eigenvalue weighted by molar-refractivity contribution is -0.274. The van der Waals surface area contributed by atoms with E-state index in [1.807, 2.05) is 12.1 Å². The number of carbonyl (C=O) groups excluding carboxylic acids is 1. The van der Waals surface area contributed by atoms with Gasteiger partial charge in [0.1, 0.15) is 17.2 Å². The summed E-state index contributed by atoms with van der Waals surface area (Å²) in [5.41, 5.74) is 2.63. The van der Waals surface area contributed by atoms with Crippen LogP contribution in [0.1, 0.15) is 73.0 Å². The highest BCUT2D eigenvalue weighted by atomic mass is 32.1. The zero-order chi connectivity index (χ0) is 29.7. The number of benzene rings is 2. The third-order valence-electron chi connectivity index (χ3n) is 8.40. The van der Waals surface area contributed by atoms with Crippen LogP contribution in [0.5, 0.6) is 5.75 Å². The van der Waals surface area contributed by atoms with Crippen molar-refractivity contribution in [3.63, 3.8) is 0 Å². The number of rotatable bonds is 9. The number of esters is 1. The lowest BCUT2D eigenvalue weighted by Gasteiger charge is -2.38. The summed E-state index contributed by atoms with van der Waals surface area (Å²) >= 11 is 1.58.